The van der Waals surface area contributed by atoms with Gasteiger partial charge in [0.05, 0.1) is 16.4 Å². The van der Waals surface area contributed by atoms with E-state index in [1.165, 1.54) is 80.7 Å². The van der Waals surface area contributed by atoms with Crippen molar-refractivity contribution in [2.45, 2.75) is 12.5 Å². The summed E-state index contributed by atoms with van der Waals surface area (Å²) >= 11 is 1.89. The van der Waals surface area contributed by atoms with Crippen LogP contribution in [0, 0.1) is 0 Å². The van der Waals surface area contributed by atoms with Gasteiger partial charge in [-0.25, -0.2) is 0 Å². The van der Waals surface area contributed by atoms with Gasteiger partial charge in [-0.3, -0.25) is 0 Å². The second-order valence-corrected chi connectivity index (χ2v) is 15.0. The van der Waals surface area contributed by atoms with Crippen molar-refractivity contribution >= 4 is 91.9 Å². The van der Waals surface area contributed by atoms with Gasteiger partial charge in [-0.15, -0.1) is 11.3 Å². The molecule has 0 fully saturated rings. The maximum absolute atomic E-state index is 6.29. The molecule has 11 rings (SSSR count). The Kier molecular flexibility index (Phi) is 6.89. The van der Waals surface area contributed by atoms with Gasteiger partial charge in [-0.2, -0.15) is 0 Å². The Balaban J connectivity index is 1.11. The van der Waals surface area contributed by atoms with Gasteiger partial charge >= 0.3 is 0 Å². The predicted molar refractivity (Wildman–Crippen MR) is 228 cm³/mol. The van der Waals surface area contributed by atoms with Crippen LogP contribution < -0.4 is 4.90 Å². The van der Waals surface area contributed by atoms with E-state index >= 15 is 0 Å². The lowest BCUT2D eigenvalue weighted by Gasteiger charge is -2.34. The zero-order valence-corrected chi connectivity index (χ0v) is 29.7. The monoisotopic (exact) mass is 695 g/mol. The number of hydrogen-bond donors (Lipinski definition) is 0. The fourth-order valence-corrected chi connectivity index (χ4v) is 9.73. The summed E-state index contributed by atoms with van der Waals surface area (Å²) in [7, 11) is 0. The minimum atomic E-state index is 0.135. The van der Waals surface area contributed by atoms with Crippen LogP contribution in [-0.4, -0.2) is 6.04 Å². The minimum absolute atomic E-state index is 0.135. The first-order valence-corrected chi connectivity index (χ1v) is 19.1. The average molecular weight is 696 g/mol. The van der Waals surface area contributed by atoms with Gasteiger partial charge in [0, 0.05) is 37.3 Å². The summed E-state index contributed by atoms with van der Waals surface area (Å²) in [4.78, 5) is 2.60. The number of hydrogen-bond acceptors (Lipinski definition) is 3. The SMILES string of the molecule is C1=CC(N(c2cccc3c(-c4ccc5ccc6oc7ccccc7c6c5c4)cccc23)c2cccc3c2sc2ccccc23)CC=C1c1ccccc1. The predicted octanol–water partition coefficient (Wildman–Crippen LogP) is 14.5. The molecular weight excluding hydrogens is 663 g/mol. The third kappa shape index (κ3) is 4.85. The number of allylic oxidation sites excluding steroid dienone is 2. The Bertz CT molecular complexity index is 3110. The fraction of sp³-hybridized carbons (Fsp3) is 0.0400. The van der Waals surface area contributed by atoms with Crippen LogP contribution in [0.5, 0.6) is 0 Å². The summed E-state index contributed by atoms with van der Waals surface area (Å²) in [6.45, 7) is 0. The molecular formula is C50H33NOS. The summed E-state index contributed by atoms with van der Waals surface area (Å²) < 4.78 is 8.92. The summed E-state index contributed by atoms with van der Waals surface area (Å²) in [5.41, 5.74) is 9.26. The quantitative estimate of drug-likeness (QED) is 0.178. The molecule has 0 N–H and O–H groups in total. The largest absolute Gasteiger partial charge is 0.456 e. The number of thiophene rings is 1. The lowest BCUT2D eigenvalue weighted by Crippen LogP contribution is -2.30. The molecule has 53 heavy (non-hydrogen) atoms. The Morgan fingerprint density at radius 2 is 1.26 bits per heavy atom. The fourth-order valence-electron chi connectivity index (χ4n) is 8.52. The Morgan fingerprint density at radius 3 is 2.15 bits per heavy atom. The molecule has 1 atom stereocenters. The molecule has 10 aromatic rings. The normalized spacial score (nSPS) is 14.6. The van der Waals surface area contributed by atoms with Gasteiger partial charge in [0.2, 0.25) is 0 Å². The number of rotatable bonds is 5. The van der Waals surface area contributed by atoms with Crippen LogP contribution in [0.4, 0.5) is 11.4 Å². The molecule has 0 amide bonds. The summed E-state index contributed by atoms with van der Waals surface area (Å²) in [6, 6.07) is 59.6. The highest BCUT2D eigenvalue weighted by molar-refractivity contribution is 7.26. The van der Waals surface area contributed by atoms with Crippen molar-refractivity contribution in [1.29, 1.82) is 0 Å². The van der Waals surface area contributed by atoms with E-state index in [1.807, 2.05) is 17.4 Å². The van der Waals surface area contributed by atoms with E-state index in [-0.39, 0.29) is 6.04 Å². The number of fused-ring (bicyclic) bond motifs is 9. The Morgan fingerprint density at radius 1 is 0.528 bits per heavy atom. The average Bonchev–Trinajstić information content (AvgIpc) is 3.81. The van der Waals surface area contributed by atoms with Gasteiger partial charge in [-0.05, 0) is 81.2 Å². The van der Waals surface area contributed by atoms with E-state index in [9.17, 15) is 0 Å². The number of nitrogens with zero attached hydrogens (tertiary/aromatic N) is 1. The number of benzene rings is 8. The minimum Gasteiger partial charge on any atom is -0.456 e. The van der Waals surface area contributed by atoms with Crippen LogP contribution in [-0.2, 0) is 0 Å². The number of anilines is 2. The van der Waals surface area contributed by atoms with E-state index in [2.05, 4.69) is 181 Å². The molecule has 3 heteroatoms. The third-order valence-corrected chi connectivity index (χ3v) is 12.2. The van der Waals surface area contributed by atoms with E-state index in [0.29, 0.717) is 0 Å². The van der Waals surface area contributed by atoms with Gasteiger partial charge < -0.3 is 9.32 Å². The Labute approximate surface area is 311 Å². The first kappa shape index (κ1) is 30.2. The molecule has 250 valence electrons. The highest BCUT2D eigenvalue weighted by Crippen LogP contribution is 2.46. The molecule has 2 aromatic heterocycles. The maximum Gasteiger partial charge on any atom is 0.136 e. The zero-order valence-electron chi connectivity index (χ0n) is 28.9. The molecule has 2 nitrogen and oxygen atoms in total. The van der Waals surface area contributed by atoms with Crippen LogP contribution in [0.15, 0.2) is 186 Å². The number of para-hydroxylation sites is 1. The van der Waals surface area contributed by atoms with Crippen molar-refractivity contribution in [3.05, 3.63) is 188 Å². The van der Waals surface area contributed by atoms with Crippen LogP contribution in [0.1, 0.15) is 12.0 Å². The summed E-state index contributed by atoms with van der Waals surface area (Å²) in [6.07, 6.45) is 8.02. The maximum atomic E-state index is 6.29. The highest BCUT2D eigenvalue weighted by atomic mass is 32.1. The van der Waals surface area contributed by atoms with E-state index in [4.69, 9.17) is 4.42 Å². The summed E-state index contributed by atoms with van der Waals surface area (Å²) in [5.74, 6) is 0. The molecule has 2 heterocycles. The van der Waals surface area contributed by atoms with Gasteiger partial charge in [0.1, 0.15) is 11.2 Å². The first-order valence-electron chi connectivity index (χ1n) is 18.3. The van der Waals surface area contributed by atoms with Gasteiger partial charge in [-0.1, -0.05) is 146 Å². The van der Waals surface area contributed by atoms with Crippen molar-refractivity contribution in [2.75, 3.05) is 4.90 Å². The van der Waals surface area contributed by atoms with Crippen molar-refractivity contribution < 1.29 is 4.42 Å². The standard InChI is InChI=1S/C50H33NOS/c1-2-11-32(12-3-1)33-25-28-36(29-26-33)51(45-20-10-18-41-40-13-5-7-22-48(40)53-50(41)45)44-19-9-16-38-37(15-8-17-39(38)44)35-24-23-34-27-30-47-49(43(34)31-35)42-14-4-6-21-46(42)52-47/h1-28,30-31,36H,29H2. The highest BCUT2D eigenvalue weighted by Gasteiger charge is 2.25. The van der Waals surface area contributed by atoms with Crippen molar-refractivity contribution in [3.63, 3.8) is 0 Å². The lowest BCUT2D eigenvalue weighted by atomic mass is 9.92. The van der Waals surface area contributed by atoms with Crippen LogP contribution in [0.25, 0.3) is 80.4 Å². The zero-order chi connectivity index (χ0) is 34.9. The van der Waals surface area contributed by atoms with Crippen molar-refractivity contribution in [3.8, 4) is 11.1 Å². The van der Waals surface area contributed by atoms with Gasteiger partial charge in [0.25, 0.3) is 0 Å². The topological polar surface area (TPSA) is 16.4 Å². The van der Waals surface area contributed by atoms with Crippen molar-refractivity contribution in [2.24, 2.45) is 0 Å². The molecule has 0 spiro atoms. The first-order chi connectivity index (χ1) is 26.3. The molecule has 8 aromatic carbocycles. The van der Waals surface area contributed by atoms with Gasteiger partial charge in [0.15, 0.2) is 0 Å². The molecule has 1 aliphatic carbocycles. The number of furan rings is 1. The molecule has 0 saturated carbocycles. The van der Waals surface area contributed by atoms with Crippen molar-refractivity contribution in [1.82, 2.24) is 0 Å². The third-order valence-electron chi connectivity index (χ3n) is 11.0. The van der Waals surface area contributed by atoms with Crippen LogP contribution >= 0.6 is 11.3 Å². The van der Waals surface area contributed by atoms with E-state index < -0.39 is 0 Å². The van der Waals surface area contributed by atoms with E-state index in [0.717, 1.165) is 23.0 Å². The lowest BCUT2D eigenvalue weighted by molar-refractivity contribution is 0.669. The second kappa shape index (κ2) is 12.1. The van der Waals surface area contributed by atoms with Crippen LogP contribution in [0.3, 0.4) is 0 Å². The molecule has 0 aliphatic heterocycles. The molecule has 0 bridgehead atoms. The summed E-state index contributed by atoms with van der Waals surface area (Å²) in [5, 5.41) is 9.85. The molecule has 0 saturated heterocycles. The second-order valence-electron chi connectivity index (χ2n) is 14.0. The van der Waals surface area contributed by atoms with Crippen LogP contribution in [0.2, 0.25) is 0 Å². The molecule has 0 radical (unpaired) electrons. The van der Waals surface area contributed by atoms with E-state index in [1.54, 1.807) is 0 Å². The smallest absolute Gasteiger partial charge is 0.136 e. The Hall–Kier alpha value is -6.42. The molecule has 1 aliphatic rings. The molecule has 1 unspecified atom stereocenters.